The van der Waals surface area contributed by atoms with Gasteiger partial charge in [0.05, 0.1) is 16.7 Å². The molecule has 0 bridgehead atoms. The predicted octanol–water partition coefficient (Wildman–Crippen LogP) is 4.16. The third-order valence-corrected chi connectivity index (χ3v) is 6.69. The number of rotatable bonds is 9. The number of aromatic nitrogens is 1. The Kier molecular flexibility index (Phi) is 7.70. The van der Waals surface area contributed by atoms with E-state index < -0.39 is 22.5 Å². The molecule has 3 rings (SSSR count). The van der Waals surface area contributed by atoms with Crippen LogP contribution in [0.25, 0.3) is 11.3 Å². The zero-order chi connectivity index (χ0) is 24.0. The normalized spacial score (nSPS) is 11.2. The van der Waals surface area contributed by atoms with Gasteiger partial charge in [-0.2, -0.15) is 14.0 Å². The molecule has 33 heavy (non-hydrogen) atoms. The third kappa shape index (κ3) is 6.32. The van der Waals surface area contributed by atoms with E-state index in [9.17, 15) is 22.0 Å². The van der Waals surface area contributed by atoms with Gasteiger partial charge in [-0.1, -0.05) is 0 Å². The first kappa shape index (κ1) is 24.2. The maximum Gasteiger partial charge on any atom is 0.387 e. The van der Waals surface area contributed by atoms with E-state index in [0.717, 1.165) is 4.88 Å². The van der Waals surface area contributed by atoms with Gasteiger partial charge >= 0.3 is 6.61 Å². The van der Waals surface area contributed by atoms with Crippen LogP contribution in [0.3, 0.4) is 0 Å². The molecule has 0 aliphatic rings. The Labute approximate surface area is 192 Å². The molecular weight excluding hydrogens is 474 g/mol. The lowest BCUT2D eigenvalue weighted by molar-refractivity contribution is -0.0498. The van der Waals surface area contributed by atoms with Crippen LogP contribution in [0.5, 0.6) is 5.75 Å². The second-order valence-corrected chi connectivity index (χ2v) is 9.58. The van der Waals surface area contributed by atoms with Gasteiger partial charge in [-0.15, -0.1) is 11.3 Å². The molecule has 2 N–H and O–H groups in total. The summed E-state index contributed by atoms with van der Waals surface area (Å²) in [6.45, 7) is -1.10. The largest absolute Gasteiger partial charge is 0.435 e. The Hall–Kier alpha value is -3.40. The minimum absolute atomic E-state index is 0.00519. The number of nitrogens with one attached hydrogen (secondary N) is 2. The number of ether oxygens (including phenoxy) is 1. The molecule has 8 nitrogen and oxygen atoms in total. The van der Waals surface area contributed by atoms with E-state index in [4.69, 9.17) is 5.26 Å². The van der Waals surface area contributed by atoms with Gasteiger partial charge in [0.2, 0.25) is 10.0 Å². The number of nitriles is 1. The maximum atomic E-state index is 12.6. The Morgan fingerprint density at radius 2 is 1.85 bits per heavy atom. The average Bonchev–Trinajstić information content (AvgIpc) is 3.14. The van der Waals surface area contributed by atoms with Crippen molar-refractivity contribution in [1.29, 1.82) is 5.26 Å². The van der Waals surface area contributed by atoms with Crippen LogP contribution in [-0.2, 0) is 10.0 Å². The summed E-state index contributed by atoms with van der Waals surface area (Å²) in [4.78, 5) is 17.7. The van der Waals surface area contributed by atoms with Gasteiger partial charge in [-0.3, -0.25) is 10.1 Å². The average molecular weight is 493 g/mol. The highest BCUT2D eigenvalue weighted by Crippen LogP contribution is 2.31. The molecule has 0 fully saturated rings. The molecule has 12 heteroatoms. The number of aryl methyl sites for hydroxylation is 1. The second-order valence-electron chi connectivity index (χ2n) is 6.61. The van der Waals surface area contributed by atoms with E-state index in [2.05, 4.69) is 19.8 Å². The van der Waals surface area contributed by atoms with Crippen molar-refractivity contribution >= 4 is 32.4 Å². The summed E-state index contributed by atoms with van der Waals surface area (Å²) >= 11 is 1.24. The van der Waals surface area contributed by atoms with Gasteiger partial charge in [0.15, 0.2) is 5.13 Å². The van der Waals surface area contributed by atoms with Crippen LogP contribution in [0.2, 0.25) is 0 Å². The van der Waals surface area contributed by atoms with Gasteiger partial charge in [0.25, 0.3) is 5.91 Å². The summed E-state index contributed by atoms with van der Waals surface area (Å²) in [5.74, 6) is -0.446. The van der Waals surface area contributed by atoms with E-state index in [-0.39, 0.29) is 29.2 Å². The number of nitrogens with zero attached hydrogens (tertiary/aromatic N) is 2. The number of benzene rings is 2. The first-order valence-electron chi connectivity index (χ1n) is 9.50. The molecule has 1 aromatic heterocycles. The molecule has 0 saturated heterocycles. The Morgan fingerprint density at radius 1 is 1.18 bits per heavy atom. The molecule has 0 atom stereocenters. The summed E-state index contributed by atoms with van der Waals surface area (Å²) in [7, 11) is -3.77. The molecule has 3 aromatic rings. The van der Waals surface area contributed by atoms with E-state index in [1.54, 1.807) is 12.1 Å². The van der Waals surface area contributed by atoms with Gasteiger partial charge in [0, 0.05) is 29.0 Å². The SMILES string of the molecule is Cc1sc(NC(=O)c2ccc(S(=O)(=O)NCCC#N)cc2)nc1-c1ccc(OC(F)F)cc1. The van der Waals surface area contributed by atoms with Crippen LogP contribution in [-0.4, -0.2) is 32.5 Å². The molecule has 0 saturated carbocycles. The van der Waals surface area contributed by atoms with Gasteiger partial charge in [-0.05, 0) is 55.5 Å². The highest BCUT2D eigenvalue weighted by molar-refractivity contribution is 7.89. The number of anilines is 1. The van der Waals surface area contributed by atoms with E-state index in [1.165, 1.54) is 47.7 Å². The fraction of sp³-hybridized carbons (Fsp3) is 0.190. The lowest BCUT2D eigenvalue weighted by atomic mass is 10.1. The molecule has 0 spiro atoms. The lowest BCUT2D eigenvalue weighted by Gasteiger charge is -2.06. The van der Waals surface area contributed by atoms with Crippen molar-refractivity contribution in [2.24, 2.45) is 0 Å². The smallest absolute Gasteiger partial charge is 0.387 e. The van der Waals surface area contributed by atoms with Crippen LogP contribution in [0, 0.1) is 18.3 Å². The summed E-state index contributed by atoms with van der Waals surface area (Å²) < 4.78 is 55.5. The molecule has 1 heterocycles. The number of halogens is 2. The van der Waals surface area contributed by atoms with Gasteiger partial charge in [0.1, 0.15) is 5.75 Å². The van der Waals surface area contributed by atoms with Crippen molar-refractivity contribution in [2.45, 2.75) is 24.9 Å². The number of carbonyl (C=O) groups excluding carboxylic acids is 1. The van der Waals surface area contributed by atoms with E-state index in [1.807, 2.05) is 13.0 Å². The molecule has 0 radical (unpaired) electrons. The van der Waals surface area contributed by atoms with Crippen molar-refractivity contribution in [3.05, 3.63) is 59.0 Å². The van der Waals surface area contributed by atoms with E-state index in [0.29, 0.717) is 16.4 Å². The second kappa shape index (κ2) is 10.5. The van der Waals surface area contributed by atoms with Crippen molar-refractivity contribution in [3.8, 4) is 23.1 Å². The van der Waals surface area contributed by atoms with Crippen molar-refractivity contribution < 1.29 is 26.7 Å². The predicted molar refractivity (Wildman–Crippen MR) is 119 cm³/mol. The Balaban J connectivity index is 1.69. The first-order valence-corrected chi connectivity index (χ1v) is 11.8. The molecule has 172 valence electrons. The van der Waals surface area contributed by atoms with Crippen LogP contribution >= 0.6 is 11.3 Å². The molecule has 0 aliphatic carbocycles. The summed E-state index contributed by atoms with van der Waals surface area (Å²) in [5, 5.41) is 11.5. The quantitative estimate of drug-likeness (QED) is 0.433. The summed E-state index contributed by atoms with van der Waals surface area (Å²) in [6.07, 6.45) is 0.0442. The fourth-order valence-corrected chi connectivity index (χ4v) is 4.65. The fourth-order valence-electron chi connectivity index (χ4n) is 2.79. The van der Waals surface area contributed by atoms with Crippen molar-refractivity contribution in [1.82, 2.24) is 9.71 Å². The molecule has 2 aromatic carbocycles. The van der Waals surface area contributed by atoms with Crippen molar-refractivity contribution in [2.75, 3.05) is 11.9 Å². The van der Waals surface area contributed by atoms with E-state index >= 15 is 0 Å². The standard InChI is InChI=1S/C21H18F2N4O4S2/c1-13-18(14-3-7-16(8-4-14)31-20(22)23)26-21(32-13)27-19(28)15-5-9-17(10-6-15)33(29,30)25-12-2-11-24/h3-10,20,25H,2,12H2,1H3,(H,26,27,28). The van der Waals surface area contributed by atoms with Crippen LogP contribution in [0.4, 0.5) is 13.9 Å². The molecular formula is C21H18F2N4O4S2. The minimum Gasteiger partial charge on any atom is -0.435 e. The summed E-state index contributed by atoms with van der Waals surface area (Å²) in [6, 6.07) is 13.2. The minimum atomic E-state index is -3.77. The molecule has 0 aliphatic heterocycles. The Morgan fingerprint density at radius 3 is 2.45 bits per heavy atom. The number of hydrogen-bond donors (Lipinski definition) is 2. The number of thiazole rings is 1. The van der Waals surface area contributed by atoms with Crippen molar-refractivity contribution in [3.63, 3.8) is 0 Å². The van der Waals surface area contributed by atoms with Crippen LogP contribution in [0.1, 0.15) is 21.7 Å². The first-order chi connectivity index (χ1) is 15.7. The molecule has 1 amide bonds. The number of alkyl halides is 2. The number of carbonyl (C=O) groups is 1. The zero-order valence-corrected chi connectivity index (χ0v) is 18.8. The maximum absolute atomic E-state index is 12.6. The van der Waals surface area contributed by atoms with Gasteiger partial charge < -0.3 is 4.74 Å². The lowest BCUT2D eigenvalue weighted by Crippen LogP contribution is -2.24. The van der Waals surface area contributed by atoms with Crippen LogP contribution < -0.4 is 14.8 Å². The van der Waals surface area contributed by atoms with Gasteiger partial charge in [-0.25, -0.2) is 18.1 Å². The zero-order valence-electron chi connectivity index (χ0n) is 17.2. The highest BCUT2D eigenvalue weighted by Gasteiger charge is 2.16. The Bertz CT molecular complexity index is 1270. The number of amides is 1. The highest BCUT2D eigenvalue weighted by atomic mass is 32.2. The summed E-state index contributed by atoms with van der Waals surface area (Å²) in [5.41, 5.74) is 1.49. The van der Waals surface area contributed by atoms with Crippen LogP contribution in [0.15, 0.2) is 53.4 Å². The number of sulfonamides is 1. The monoisotopic (exact) mass is 492 g/mol. The number of hydrogen-bond acceptors (Lipinski definition) is 7. The third-order valence-electron chi connectivity index (χ3n) is 4.33. The molecule has 0 unspecified atom stereocenters. The topological polar surface area (TPSA) is 121 Å².